The van der Waals surface area contributed by atoms with Gasteiger partial charge < -0.3 is 5.73 Å². The number of aryl methyl sites for hydroxylation is 1. The molecule has 0 saturated heterocycles. The third-order valence-corrected chi connectivity index (χ3v) is 5.62. The molecule has 2 aromatic heterocycles. The van der Waals surface area contributed by atoms with Crippen molar-refractivity contribution >= 4 is 23.1 Å². The molecule has 1 fully saturated rings. The first-order chi connectivity index (χ1) is 9.19. The van der Waals surface area contributed by atoms with Crippen molar-refractivity contribution in [1.29, 1.82) is 0 Å². The van der Waals surface area contributed by atoms with Gasteiger partial charge in [0.25, 0.3) is 0 Å². The van der Waals surface area contributed by atoms with Gasteiger partial charge >= 0.3 is 5.69 Å². The first-order valence-electron chi connectivity index (χ1n) is 6.29. The standard InChI is InChI=1S/C12H16N4OS2/c1-7-2-5-9(18-7)10(6-13)19-12-15-14-11(17)16(12)8-3-4-8/h2,5,8,10H,3-4,6,13H2,1H3,(H,14,17). The van der Waals surface area contributed by atoms with Crippen LogP contribution in [0.25, 0.3) is 0 Å². The van der Waals surface area contributed by atoms with Crippen LogP contribution in [-0.2, 0) is 0 Å². The number of hydrogen-bond donors (Lipinski definition) is 2. The predicted molar refractivity (Wildman–Crippen MR) is 77.8 cm³/mol. The average molecular weight is 296 g/mol. The molecule has 2 aromatic rings. The highest BCUT2D eigenvalue weighted by Gasteiger charge is 2.29. The summed E-state index contributed by atoms with van der Waals surface area (Å²) in [6.07, 6.45) is 2.14. The molecule has 5 nitrogen and oxygen atoms in total. The van der Waals surface area contributed by atoms with Crippen molar-refractivity contribution in [3.63, 3.8) is 0 Å². The molecule has 0 aliphatic heterocycles. The normalized spacial score (nSPS) is 16.7. The van der Waals surface area contributed by atoms with E-state index in [0.29, 0.717) is 12.6 Å². The summed E-state index contributed by atoms with van der Waals surface area (Å²) in [4.78, 5) is 14.2. The van der Waals surface area contributed by atoms with E-state index < -0.39 is 0 Å². The molecular weight excluding hydrogens is 280 g/mol. The van der Waals surface area contributed by atoms with Crippen LogP contribution in [0.3, 0.4) is 0 Å². The van der Waals surface area contributed by atoms with Crippen LogP contribution in [0, 0.1) is 6.92 Å². The number of nitrogens with one attached hydrogen (secondary N) is 1. The Labute approximate surface area is 119 Å². The Balaban J connectivity index is 1.85. The molecule has 102 valence electrons. The topological polar surface area (TPSA) is 76.7 Å². The molecule has 2 heterocycles. The second-order valence-corrected chi connectivity index (χ2v) is 7.19. The lowest BCUT2D eigenvalue weighted by Gasteiger charge is -2.12. The first-order valence-corrected chi connectivity index (χ1v) is 7.98. The summed E-state index contributed by atoms with van der Waals surface area (Å²) in [5.74, 6) is 0. The minimum absolute atomic E-state index is 0.108. The van der Waals surface area contributed by atoms with E-state index in [1.807, 2.05) is 0 Å². The van der Waals surface area contributed by atoms with Crippen molar-refractivity contribution in [3.8, 4) is 0 Å². The van der Waals surface area contributed by atoms with Gasteiger partial charge in [-0.25, -0.2) is 9.89 Å². The minimum Gasteiger partial charge on any atom is -0.329 e. The lowest BCUT2D eigenvalue weighted by atomic mass is 10.3. The summed E-state index contributed by atoms with van der Waals surface area (Å²) in [6, 6.07) is 4.54. The van der Waals surface area contributed by atoms with Crippen LogP contribution in [0.4, 0.5) is 0 Å². The molecule has 1 unspecified atom stereocenters. The van der Waals surface area contributed by atoms with Gasteiger partial charge in [-0.3, -0.25) is 4.57 Å². The Kier molecular flexibility index (Phi) is 3.51. The number of aromatic nitrogens is 3. The summed E-state index contributed by atoms with van der Waals surface area (Å²) in [6.45, 7) is 2.62. The molecule has 7 heteroatoms. The van der Waals surface area contributed by atoms with Crippen LogP contribution in [-0.4, -0.2) is 21.3 Å². The molecule has 0 spiro atoms. The van der Waals surface area contributed by atoms with Crippen LogP contribution in [0.1, 0.15) is 33.9 Å². The van der Waals surface area contributed by atoms with Gasteiger partial charge in [0.15, 0.2) is 5.16 Å². The highest BCUT2D eigenvalue weighted by Crippen LogP contribution is 2.40. The Bertz CT molecular complexity index is 626. The molecule has 1 atom stereocenters. The third kappa shape index (κ3) is 2.63. The molecule has 0 amide bonds. The second kappa shape index (κ2) is 5.15. The van der Waals surface area contributed by atoms with Crippen LogP contribution in [0.15, 0.2) is 22.1 Å². The van der Waals surface area contributed by atoms with E-state index in [2.05, 4.69) is 29.3 Å². The van der Waals surface area contributed by atoms with E-state index >= 15 is 0 Å². The molecule has 0 aromatic carbocycles. The Morgan fingerprint density at radius 1 is 1.63 bits per heavy atom. The molecule has 3 rings (SSSR count). The monoisotopic (exact) mass is 296 g/mol. The molecule has 3 N–H and O–H groups in total. The van der Waals surface area contributed by atoms with E-state index in [9.17, 15) is 4.79 Å². The number of thioether (sulfide) groups is 1. The Hall–Kier alpha value is -1.05. The first kappa shape index (κ1) is 13.0. The maximum absolute atomic E-state index is 11.7. The van der Waals surface area contributed by atoms with Gasteiger partial charge in [0.05, 0.1) is 5.25 Å². The third-order valence-electron chi connectivity index (χ3n) is 3.12. The lowest BCUT2D eigenvalue weighted by Crippen LogP contribution is -2.17. The number of hydrogen-bond acceptors (Lipinski definition) is 5. The van der Waals surface area contributed by atoms with Crippen LogP contribution in [0.5, 0.6) is 0 Å². The maximum atomic E-state index is 11.7. The zero-order chi connectivity index (χ0) is 13.4. The second-order valence-electron chi connectivity index (χ2n) is 4.70. The molecule has 0 radical (unpaired) electrons. The summed E-state index contributed by atoms with van der Waals surface area (Å²) < 4.78 is 1.77. The molecule has 19 heavy (non-hydrogen) atoms. The van der Waals surface area contributed by atoms with E-state index in [-0.39, 0.29) is 10.9 Å². The summed E-state index contributed by atoms with van der Waals surface area (Å²) >= 11 is 3.33. The molecule has 1 aliphatic carbocycles. The van der Waals surface area contributed by atoms with Crippen molar-refractivity contribution in [2.75, 3.05) is 6.54 Å². The van der Waals surface area contributed by atoms with Crippen LogP contribution < -0.4 is 11.4 Å². The predicted octanol–water partition coefficient (Wildman–Crippen LogP) is 2.07. The molecule has 1 saturated carbocycles. The number of rotatable bonds is 5. The number of nitrogens with two attached hydrogens (primary N) is 1. The summed E-state index contributed by atoms with van der Waals surface area (Å²) in [7, 11) is 0. The van der Waals surface area contributed by atoms with Gasteiger partial charge in [-0.15, -0.1) is 16.4 Å². The number of aromatic amines is 1. The maximum Gasteiger partial charge on any atom is 0.344 e. The van der Waals surface area contributed by atoms with Crippen molar-refractivity contribution < 1.29 is 0 Å². The quantitative estimate of drug-likeness (QED) is 0.828. The van der Waals surface area contributed by atoms with Gasteiger partial charge in [0.2, 0.25) is 0 Å². The number of thiophene rings is 1. The molecule has 1 aliphatic rings. The highest BCUT2D eigenvalue weighted by atomic mass is 32.2. The number of H-pyrrole nitrogens is 1. The summed E-state index contributed by atoms with van der Waals surface area (Å²) in [5.41, 5.74) is 5.76. The molecule has 0 bridgehead atoms. The zero-order valence-electron chi connectivity index (χ0n) is 10.6. The van der Waals surface area contributed by atoms with E-state index in [1.54, 1.807) is 27.7 Å². The van der Waals surface area contributed by atoms with Gasteiger partial charge in [0, 0.05) is 22.3 Å². The van der Waals surface area contributed by atoms with Crippen molar-refractivity contribution in [2.24, 2.45) is 5.73 Å². The van der Waals surface area contributed by atoms with E-state index in [4.69, 9.17) is 5.73 Å². The van der Waals surface area contributed by atoms with E-state index in [0.717, 1.165) is 18.0 Å². The Morgan fingerprint density at radius 3 is 3.00 bits per heavy atom. The van der Waals surface area contributed by atoms with Crippen LogP contribution in [0.2, 0.25) is 0 Å². The van der Waals surface area contributed by atoms with Crippen molar-refractivity contribution in [2.45, 2.75) is 36.2 Å². The van der Waals surface area contributed by atoms with Gasteiger partial charge in [-0.1, -0.05) is 11.8 Å². The van der Waals surface area contributed by atoms with Crippen molar-refractivity contribution in [3.05, 3.63) is 32.4 Å². The van der Waals surface area contributed by atoms with Crippen molar-refractivity contribution in [1.82, 2.24) is 14.8 Å². The average Bonchev–Trinajstić information content (AvgIpc) is 3.03. The van der Waals surface area contributed by atoms with E-state index in [1.165, 1.54) is 9.75 Å². The smallest absolute Gasteiger partial charge is 0.329 e. The zero-order valence-corrected chi connectivity index (χ0v) is 12.3. The lowest BCUT2D eigenvalue weighted by molar-refractivity contribution is 0.641. The van der Waals surface area contributed by atoms with Gasteiger partial charge in [-0.05, 0) is 31.9 Å². The largest absolute Gasteiger partial charge is 0.344 e. The fourth-order valence-electron chi connectivity index (χ4n) is 2.00. The van der Waals surface area contributed by atoms with Crippen LogP contribution >= 0.6 is 23.1 Å². The molecular formula is C12H16N4OS2. The van der Waals surface area contributed by atoms with Gasteiger partial charge in [0.1, 0.15) is 0 Å². The van der Waals surface area contributed by atoms with Gasteiger partial charge in [-0.2, -0.15) is 0 Å². The fraction of sp³-hybridized carbons (Fsp3) is 0.500. The highest BCUT2D eigenvalue weighted by molar-refractivity contribution is 7.99. The Morgan fingerprint density at radius 2 is 2.42 bits per heavy atom. The SMILES string of the molecule is Cc1ccc(C(CN)Sc2n[nH]c(=O)n2C2CC2)s1. The summed E-state index contributed by atoms with van der Waals surface area (Å²) in [5, 5.41) is 7.60. The fourth-order valence-corrected chi connectivity index (χ4v) is 4.15. The number of nitrogens with zero attached hydrogens (tertiary/aromatic N) is 2. The minimum atomic E-state index is -0.108.